The summed E-state index contributed by atoms with van der Waals surface area (Å²) in [5.41, 5.74) is 1.29. The molecule has 1 rings (SSSR count). The molecule has 0 spiro atoms. The molecule has 16 heavy (non-hydrogen) atoms. The van der Waals surface area contributed by atoms with Crippen LogP contribution < -0.4 is 0 Å². The molecule has 0 saturated carbocycles. The summed E-state index contributed by atoms with van der Waals surface area (Å²) in [5, 5.41) is 0. The van der Waals surface area contributed by atoms with Crippen LogP contribution in [0.4, 0.5) is 0 Å². The molecule has 0 bridgehead atoms. The van der Waals surface area contributed by atoms with Gasteiger partial charge in [-0.2, -0.15) is 0 Å². The van der Waals surface area contributed by atoms with E-state index >= 15 is 0 Å². The Hall–Kier alpha value is -0.850. The highest BCUT2D eigenvalue weighted by Crippen LogP contribution is 2.25. The minimum atomic E-state index is 0.683. The summed E-state index contributed by atoms with van der Waals surface area (Å²) >= 11 is 0. The molecule has 1 unspecified atom stereocenters. The van der Waals surface area contributed by atoms with E-state index in [1.54, 1.807) is 0 Å². The largest absolute Gasteiger partial charge is 0.261 e. The van der Waals surface area contributed by atoms with Gasteiger partial charge in [0.15, 0.2) is 0 Å². The van der Waals surface area contributed by atoms with Gasteiger partial charge in [-0.3, -0.25) is 4.98 Å². The van der Waals surface area contributed by atoms with Gasteiger partial charge in [-0.05, 0) is 25.0 Å². The molecule has 0 fully saturated rings. The second kappa shape index (κ2) is 8.32. The highest BCUT2D eigenvalue weighted by atomic mass is 14.7. The summed E-state index contributed by atoms with van der Waals surface area (Å²) in [6.45, 7) is 4.53. The minimum absolute atomic E-state index is 0.683. The summed E-state index contributed by atoms with van der Waals surface area (Å²) in [6, 6.07) is 6.29. The number of aromatic nitrogens is 1. The van der Waals surface area contributed by atoms with Crippen LogP contribution in [0.3, 0.4) is 0 Å². The molecule has 90 valence electrons. The number of pyridine rings is 1. The summed E-state index contributed by atoms with van der Waals surface area (Å²) < 4.78 is 0. The van der Waals surface area contributed by atoms with Crippen molar-refractivity contribution in [3.8, 4) is 0 Å². The Morgan fingerprint density at radius 1 is 1.00 bits per heavy atom. The van der Waals surface area contributed by atoms with Crippen LogP contribution in [0.25, 0.3) is 0 Å². The topological polar surface area (TPSA) is 12.9 Å². The summed E-state index contributed by atoms with van der Waals surface area (Å²) in [5.74, 6) is 0.683. The standard InChI is InChI=1S/C15H25N/c1-3-5-6-7-11-14(10-4-2)15-12-8-9-13-16-15/h8-9,12-14H,3-7,10-11H2,1-2H3. The van der Waals surface area contributed by atoms with Crippen molar-refractivity contribution in [1.82, 2.24) is 4.98 Å². The van der Waals surface area contributed by atoms with Crippen molar-refractivity contribution in [3.63, 3.8) is 0 Å². The maximum absolute atomic E-state index is 4.50. The maximum Gasteiger partial charge on any atom is 0.0434 e. The van der Waals surface area contributed by atoms with E-state index in [9.17, 15) is 0 Å². The lowest BCUT2D eigenvalue weighted by molar-refractivity contribution is 0.512. The van der Waals surface area contributed by atoms with E-state index in [0.29, 0.717) is 5.92 Å². The molecule has 0 radical (unpaired) electrons. The van der Waals surface area contributed by atoms with Crippen molar-refractivity contribution in [2.24, 2.45) is 0 Å². The van der Waals surface area contributed by atoms with Gasteiger partial charge in [-0.25, -0.2) is 0 Å². The zero-order chi connectivity index (χ0) is 11.6. The lowest BCUT2D eigenvalue weighted by Gasteiger charge is -2.15. The lowest BCUT2D eigenvalue weighted by atomic mass is 9.93. The van der Waals surface area contributed by atoms with Gasteiger partial charge >= 0.3 is 0 Å². The van der Waals surface area contributed by atoms with E-state index < -0.39 is 0 Å². The first-order valence-corrected chi connectivity index (χ1v) is 6.79. The molecular weight excluding hydrogens is 194 g/mol. The molecule has 1 heterocycles. The van der Waals surface area contributed by atoms with Crippen LogP contribution in [0.5, 0.6) is 0 Å². The zero-order valence-electron chi connectivity index (χ0n) is 10.8. The fraction of sp³-hybridized carbons (Fsp3) is 0.667. The smallest absolute Gasteiger partial charge is 0.0434 e. The molecule has 0 amide bonds. The van der Waals surface area contributed by atoms with Gasteiger partial charge in [0, 0.05) is 17.8 Å². The number of unbranched alkanes of at least 4 members (excludes halogenated alkanes) is 3. The van der Waals surface area contributed by atoms with Crippen LogP contribution >= 0.6 is 0 Å². The second-order valence-electron chi connectivity index (χ2n) is 4.59. The SMILES string of the molecule is CCCCCCC(CCC)c1ccccn1. The van der Waals surface area contributed by atoms with Gasteiger partial charge in [-0.15, -0.1) is 0 Å². The van der Waals surface area contributed by atoms with Crippen molar-refractivity contribution in [3.05, 3.63) is 30.1 Å². The van der Waals surface area contributed by atoms with Gasteiger partial charge < -0.3 is 0 Å². The molecule has 0 saturated heterocycles. The van der Waals surface area contributed by atoms with Gasteiger partial charge in [-0.1, -0.05) is 52.0 Å². The Kier molecular flexibility index (Phi) is 6.87. The van der Waals surface area contributed by atoms with Crippen molar-refractivity contribution >= 4 is 0 Å². The molecular formula is C15H25N. The van der Waals surface area contributed by atoms with Crippen molar-refractivity contribution in [2.45, 2.75) is 64.7 Å². The molecule has 0 aromatic carbocycles. The number of nitrogens with zero attached hydrogens (tertiary/aromatic N) is 1. The first-order chi connectivity index (χ1) is 7.88. The third-order valence-corrected chi connectivity index (χ3v) is 3.15. The highest BCUT2D eigenvalue weighted by molar-refractivity contribution is 5.09. The molecule has 0 aliphatic heterocycles. The van der Waals surface area contributed by atoms with E-state index in [1.165, 1.54) is 50.6 Å². The predicted octanol–water partition coefficient (Wildman–Crippen LogP) is 4.94. The number of hydrogen-bond donors (Lipinski definition) is 0. The fourth-order valence-corrected chi connectivity index (χ4v) is 2.22. The Balaban J connectivity index is 2.41. The van der Waals surface area contributed by atoms with Crippen LogP contribution in [0, 0.1) is 0 Å². The van der Waals surface area contributed by atoms with Crippen LogP contribution in [-0.4, -0.2) is 4.98 Å². The summed E-state index contributed by atoms with van der Waals surface area (Å²) in [6.07, 6.45) is 11.2. The normalized spacial score (nSPS) is 12.6. The Bertz CT molecular complexity index is 255. The van der Waals surface area contributed by atoms with Crippen LogP contribution in [0.2, 0.25) is 0 Å². The Labute approximate surface area is 100 Å². The molecule has 0 aliphatic rings. The predicted molar refractivity (Wildman–Crippen MR) is 70.6 cm³/mol. The van der Waals surface area contributed by atoms with E-state index in [4.69, 9.17) is 0 Å². The zero-order valence-corrected chi connectivity index (χ0v) is 10.8. The second-order valence-corrected chi connectivity index (χ2v) is 4.59. The third kappa shape index (κ3) is 4.78. The van der Waals surface area contributed by atoms with Crippen molar-refractivity contribution in [1.29, 1.82) is 0 Å². The first kappa shape index (κ1) is 13.2. The van der Waals surface area contributed by atoms with Gasteiger partial charge in [0.2, 0.25) is 0 Å². The van der Waals surface area contributed by atoms with Crippen LogP contribution in [0.1, 0.15) is 70.4 Å². The van der Waals surface area contributed by atoms with Crippen molar-refractivity contribution in [2.75, 3.05) is 0 Å². The monoisotopic (exact) mass is 219 g/mol. The van der Waals surface area contributed by atoms with Gasteiger partial charge in [0.05, 0.1) is 0 Å². The van der Waals surface area contributed by atoms with E-state index in [-0.39, 0.29) is 0 Å². The molecule has 1 aromatic heterocycles. The van der Waals surface area contributed by atoms with Gasteiger partial charge in [0.1, 0.15) is 0 Å². The average molecular weight is 219 g/mol. The maximum atomic E-state index is 4.50. The molecule has 0 N–H and O–H groups in total. The molecule has 1 heteroatoms. The Morgan fingerprint density at radius 3 is 2.50 bits per heavy atom. The lowest BCUT2D eigenvalue weighted by Crippen LogP contribution is -2.01. The first-order valence-electron chi connectivity index (χ1n) is 6.79. The quantitative estimate of drug-likeness (QED) is 0.565. The number of rotatable bonds is 8. The van der Waals surface area contributed by atoms with E-state index in [2.05, 4.69) is 31.0 Å². The Morgan fingerprint density at radius 2 is 1.88 bits per heavy atom. The fourth-order valence-electron chi connectivity index (χ4n) is 2.22. The van der Waals surface area contributed by atoms with Crippen LogP contribution in [-0.2, 0) is 0 Å². The third-order valence-electron chi connectivity index (χ3n) is 3.15. The summed E-state index contributed by atoms with van der Waals surface area (Å²) in [7, 11) is 0. The minimum Gasteiger partial charge on any atom is -0.261 e. The molecule has 0 aliphatic carbocycles. The highest BCUT2D eigenvalue weighted by Gasteiger charge is 2.10. The molecule has 1 aromatic rings. The average Bonchev–Trinajstić information content (AvgIpc) is 2.34. The van der Waals surface area contributed by atoms with E-state index in [0.717, 1.165) is 0 Å². The summed E-state index contributed by atoms with van der Waals surface area (Å²) in [4.78, 5) is 4.50. The van der Waals surface area contributed by atoms with Crippen molar-refractivity contribution < 1.29 is 0 Å². The molecule has 1 nitrogen and oxygen atoms in total. The van der Waals surface area contributed by atoms with Crippen LogP contribution in [0.15, 0.2) is 24.4 Å². The number of hydrogen-bond acceptors (Lipinski definition) is 1. The molecule has 1 atom stereocenters. The van der Waals surface area contributed by atoms with E-state index in [1.807, 2.05) is 12.3 Å². The van der Waals surface area contributed by atoms with Gasteiger partial charge in [0.25, 0.3) is 0 Å².